The summed E-state index contributed by atoms with van der Waals surface area (Å²) in [6, 6.07) is 0. The molecule has 0 fully saturated rings. The van der Waals surface area contributed by atoms with Crippen molar-refractivity contribution in [3.63, 3.8) is 0 Å². The molecule has 2 atom stereocenters. The average molecular weight is 184 g/mol. The molecule has 62 valence electrons. The maximum absolute atomic E-state index is 13.0. The molecule has 0 saturated carbocycles. The molecule has 0 bridgehead atoms. The van der Waals surface area contributed by atoms with E-state index >= 15 is 0 Å². The van der Waals surface area contributed by atoms with Gasteiger partial charge in [0.2, 0.25) is 0 Å². The lowest BCUT2D eigenvalue weighted by atomic mass is 10.4. The van der Waals surface area contributed by atoms with Crippen molar-refractivity contribution >= 4 is 18.0 Å². The first-order valence-corrected chi connectivity index (χ1v) is 6.74. The van der Waals surface area contributed by atoms with Gasteiger partial charge in [0, 0.05) is 5.66 Å². The van der Waals surface area contributed by atoms with Crippen LogP contribution in [0.15, 0.2) is 0 Å². The second-order valence-electron chi connectivity index (χ2n) is 2.20. The average Bonchev–Trinajstić information content (AvgIpc) is 1.86. The van der Waals surface area contributed by atoms with Gasteiger partial charge in [0.15, 0.2) is 0 Å². The van der Waals surface area contributed by atoms with Crippen LogP contribution in [0.5, 0.6) is 0 Å². The van der Waals surface area contributed by atoms with Crippen molar-refractivity contribution in [3.05, 3.63) is 0 Å². The third-order valence-electron chi connectivity index (χ3n) is 1.42. The molecule has 0 aromatic heterocycles. The summed E-state index contributed by atoms with van der Waals surface area (Å²) >= 11 is 0.955. The van der Waals surface area contributed by atoms with Crippen molar-refractivity contribution in [1.29, 1.82) is 0 Å². The summed E-state index contributed by atoms with van der Waals surface area (Å²) in [6.07, 6.45) is 0.654. The molecule has 4 heteroatoms. The smallest absolute Gasteiger partial charge is 0.275 e. The van der Waals surface area contributed by atoms with Crippen LogP contribution in [-0.4, -0.2) is 11.4 Å². The summed E-state index contributed by atoms with van der Waals surface area (Å²) < 4.78 is 24.0. The quantitative estimate of drug-likeness (QED) is 0.619. The fourth-order valence-corrected chi connectivity index (χ4v) is 3.83. The van der Waals surface area contributed by atoms with E-state index in [1.807, 2.05) is 13.8 Å². The van der Waals surface area contributed by atoms with Gasteiger partial charge in [-0.05, 0) is 12.2 Å². The lowest BCUT2D eigenvalue weighted by Crippen LogP contribution is -1.95. The lowest BCUT2D eigenvalue weighted by Gasteiger charge is -2.12. The van der Waals surface area contributed by atoms with Gasteiger partial charge in [-0.3, -0.25) is 4.57 Å². The van der Waals surface area contributed by atoms with Gasteiger partial charge in [-0.2, -0.15) is 4.20 Å². The van der Waals surface area contributed by atoms with Gasteiger partial charge in [0.1, 0.15) is 0 Å². The number of hydrogen-bond acceptors (Lipinski definition) is 2. The maximum Gasteiger partial charge on any atom is 0.298 e. The molecule has 10 heavy (non-hydrogen) atoms. The Morgan fingerprint density at radius 3 is 2.40 bits per heavy atom. The monoisotopic (exact) mass is 184 g/mol. The standard InChI is InChI=1S/C6H14FOPS/c1-4-6(3)9(7,8)10-5-2/h6H,4-5H2,1-3H3. The zero-order chi connectivity index (χ0) is 8.20. The molecule has 0 rings (SSSR count). The molecule has 0 saturated heterocycles. The Labute approximate surface area is 66.0 Å². The summed E-state index contributed by atoms with van der Waals surface area (Å²) in [5, 5.41) is 0. The molecular formula is C6H14FOPS. The van der Waals surface area contributed by atoms with Crippen LogP contribution in [0.25, 0.3) is 0 Å². The van der Waals surface area contributed by atoms with Gasteiger partial charge in [0.05, 0.1) is 0 Å². The normalized spacial score (nSPS) is 20.0. The van der Waals surface area contributed by atoms with Gasteiger partial charge < -0.3 is 0 Å². The highest BCUT2D eigenvalue weighted by atomic mass is 32.7. The van der Waals surface area contributed by atoms with E-state index in [0.29, 0.717) is 12.2 Å². The Kier molecular flexibility index (Phi) is 4.63. The van der Waals surface area contributed by atoms with E-state index in [2.05, 4.69) is 0 Å². The maximum atomic E-state index is 13.0. The first kappa shape index (κ1) is 10.5. The van der Waals surface area contributed by atoms with Crippen LogP contribution in [0, 0.1) is 0 Å². The van der Waals surface area contributed by atoms with Crippen molar-refractivity contribution < 1.29 is 8.76 Å². The van der Waals surface area contributed by atoms with Crippen LogP contribution in [0.2, 0.25) is 0 Å². The summed E-state index contributed by atoms with van der Waals surface area (Å²) in [5.74, 6) is 0.595. The van der Waals surface area contributed by atoms with Crippen LogP contribution in [0.1, 0.15) is 27.2 Å². The SMILES string of the molecule is CCSP(=O)(F)C(C)CC. The van der Waals surface area contributed by atoms with Crippen LogP contribution < -0.4 is 0 Å². The topological polar surface area (TPSA) is 17.1 Å². The molecule has 0 aromatic rings. The summed E-state index contributed by atoms with van der Waals surface area (Å²) in [5.41, 5.74) is -0.280. The van der Waals surface area contributed by atoms with E-state index < -0.39 is 6.65 Å². The van der Waals surface area contributed by atoms with Crippen molar-refractivity contribution in [2.45, 2.75) is 32.9 Å². The molecule has 0 spiro atoms. The minimum atomic E-state index is -3.37. The van der Waals surface area contributed by atoms with Gasteiger partial charge in [-0.15, -0.1) is 0 Å². The molecule has 0 aliphatic rings. The van der Waals surface area contributed by atoms with Crippen LogP contribution in [0.3, 0.4) is 0 Å². The van der Waals surface area contributed by atoms with E-state index in [1.54, 1.807) is 6.92 Å². The third kappa shape index (κ3) is 3.07. The van der Waals surface area contributed by atoms with E-state index in [9.17, 15) is 8.76 Å². The predicted octanol–water partition coefficient (Wildman–Crippen LogP) is 3.70. The van der Waals surface area contributed by atoms with E-state index in [4.69, 9.17) is 0 Å². The molecule has 1 nitrogen and oxygen atoms in total. The minimum Gasteiger partial charge on any atom is -0.275 e. The summed E-state index contributed by atoms with van der Waals surface area (Å²) in [6.45, 7) is 2.00. The molecule has 0 aliphatic carbocycles. The van der Waals surface area contributed by atoms with Crippen molar-refractivity contribution in [3.8, 4) is 0 Å². The Hall–Kier alpha value is 0.510. The first-order chi connectivity index (χ1) is 4.54. The number of rotatable bonds is 4. The van der Waals surface area contributed by atoms with E-state index in [0.717, 1.165) is 11.4 Å². The second kappa shape index (κ2) is 4.40. The van der Waals surface area contributed by atoms with Crippen molar-refractivity contribution in [2.24, 2.45) is 0 Å². The molecule has 0 aliphatic heterocycles. The Morgan fingerprint density at radius 1 is 1.60 bits per heavy atom. The van der Waals surface area contributed by atoms with Crippen LogP contribution >= 0.6 is 18.0 Å². The highest BCUT2D eigenvalue weighted by Gasteiger charge is 2.27. The zero-order valence-electron chi connectivity index (χ0n) is 6.63. The van der Waals surface area contributed by atoms with Crippen molar-refractivity contribution in [2.75, 3.05) is 5.75 Å². The molecule has 0 N–H and O–H groups in total. The lowest BCUT2D eigenvalue weighted by molar-refractivity contribution is 0.542. The van der Waals surface area contributed by atoms with Crippen LogP contribution in [0.4, 0.5) is 4.20 Å². The largest absolute Gasteiger partial charge is 0.298 e. The molecule has 0 aromatic carbocycles. The Bertz CT molecular complexity index is 140. The molecule has 0 heterocycles. The zero-order valence-corrected chi connectivity index (χ0v) is 8.34. The van der Waals surface area contributed by atoms with Gasteiger partial charge >= 0.3 is 0 Å². The Morgan fingerprint density at radius 2 is 2.10 bits per heavy atom. The predicted molar refractivity (Wildman–Crippen MR) is 46.6 cm³/mol. The van der Waals surface area contributed by atoms with Crippen molar-refractivity contribution in [1.82, 2.24) is 0 Å². The first-order valence-electron chi connectivity index (χ1n) is 3.48. The fourth-order valence-electron chi connectivity index (χ4n) is 0.521. The van der Waals surface area contributed by atoms with Gasteiger partial charge in [-0.25, -0.2) is 0 Å². The minimum absolute atomic E-state index is 0.280. The van der Waals surface area contributed by atoms with E-state index in [-0.39, 0.29) is 5.66 Å². The fraction of sp³-hybridized carbons (Fsp3) is 1.00. The Balaban J connectivity index is 3.97. The molecular weight excluding hydrogens is 170 g/mol. The molecule has 0 radical (unpaired) electrons. The van der Waals surface area contributed by atoms with Crippen LogP contribution in [-0.2, 0) is 4.57 Å². The number of hydrogen-bond donors (Lipinski definition) is 0. The highest BCUT2D eigenvalue weighted by Crippen LogP contribution is 2.64. The molecule has 0 amide bonds. The molecule has 2 unspecified atom stereocenters. The summed E-state index contributed by atoms with van der Waals surface area (Å²) in [7, 11) is 0. The third-order valence-corrected chi connectivity index (χ3v) is 6.36. The highest BCUT2D eigenvalue weighted by molar-refractivity contribution is 8.56. The van der Waals surface area contributed by atoms with E-state index in [1.165, 1.54) is 0 Å². The number of halogens is 1. The van der Waals surface area contributed by atoms with Gasteiger partial charge in [0.25, 0.3) is 6.65 Å². The van der Waals surface area contributed by atoms with Gasteiger partial charge in [-0.1, -0.05) is 32.2 Å². The summed E-state index contributed by atoms with van der Waals surface area (Å²) in [4.78, 5) is 0. The second-order valence-corrected chi connectivity index (χ2v) is 7.22.